The minimum Gasteiger partial charge on any atom is -0.368 e. The fourth-order valence-electron chi connectivity index (χ4n) is 2.61. The Morgan fingerprint density at radius 3 is 2.14 bits per heavy atom. The molecule has 2 rings (SSSR count). The Morgan fingerprint density at radius 2 is 1.68 bits per heavy atom. The average Bonchev–Trinajstić information content (AvgIpc) is 2.48. The van der Waals surface area contributed by atoms with Crippen LogP contribution in [-0.4, -0.2) is 68.1 Å². The Bertz CT molecular complexity index is 610. The van der Waals surface area contributed by atoms with E-state index in [0.717, 1.165) is 5.56 Å². The van der Waals surface area contributed by atoms with E-state index in [2.05, 4.69) is 0 Å². The molecule has 1 fully saturated rings. The number of benzene rings is 1. The molecule has 1 aliphatic rings. The largest absolute Gasteiger partial charge is 0.368 e. The van der Waals surface area contributed by atoms with Crippen LogP contribution in [0.15, 0.2) is 30.3 Å². The second-order valence-electron chi connectivity index (χ2n) is 5.44. The monoisotopic (exact) mass is 326 g/mol. The van der Waals surface area contributed by atoms with Crippen molar-refractivity contribution in [3.63, 3.8) is 0 Å². The van der Waals surface area contributed by atoms with Crippen LogP contribution >= 0.6 is 0 Å². The van der Waals surface area contributed by atoms with Crippen molar-refractivity contribution in [1.82, 2.24) is 13.5 Å². The molecule has 1 aromatic rings. The van der Waals surface area contributed by atoms with Gasteiger partial charge in [-0.2, -0.15) is 17.0 Å². The van der Waals surface area contributed by atoms with Crippen molar-refractivity contribution < 1.29 is 13.2 Å². The van der Waals surface area contributed by atoms with Gasteiger partial charge in [-0.15, -0.1) is 0 Å². The third-order valence-corrected chi connectivity index (χ3v) is 5.75. The van der Waals surface area contributed by atoms with Gasteiger partial charge in [0, 0.05) is 40.3 Å². The van der Waals surface area contributed by atoms with Crippen LogP contribution < -0.4 is 5.73 Å². The van der Waals surface area contributed by atoms with Crippen molar-refractivity contribution in [3.8, 4) is 0 Å². The maximum Gasteiger partial charge on any atom is 0.281 e. The minimum absolute atomic E-state index is 0.344. The maximum atomic E-state index is 12.1. The summed E-state index contributed by atoms with van der Waals surface area (Å²) in [7, 11) is -0.387. The van der Waals surface area contributed by atoms with Crippen LogP contribution in [-0.2, 0) is 15.0 Å². The molecular weight excluding hydrogens is 304 g/mol. The number of carbonyl (C=O) groups excluding carboxylic acids is 1. The second-order valence-corrected chi connectivity index (χ2v) is 7.58. The first-order chi connectivity index (χ1) is 10.3. The summed E-state index contributed by atoms with van der Waals surface area (Å²) in [5.74, 6) is -0.421. The van der Waals surface area contributed by atoms with E-state index in [1.807, 2.05) is 35.2 Å². The van der Waals surface area contributed by atoms with E-state index < -0.39 is 22.2 Å². The molecule has 1 amide bonds. The van der Waals surface area contributed by atoms with Crippen molar-refractivity contribution >= 4 is 16.1 Å². The third-order valence-electron chi connectivity index (χ3n) is 3.81. The van der Waals surface area contributed by atoms with Crippen LogP contribution in [0.4, 0.5) is 0 Å². The first-order valence-corrected chi connectivity index (χ1v) is 8.49. The summed E-state index contributed by atoms with van der Waals surface area (Å²) in [4.78, 5) is 13.8. The Balaban J connectivity index is 2.11. The average molecular weight is 326 g/mol. The van der Waals surface area contributed by atoms with E-state index in [1.54, 1.807) is 0 Å². The number of carbonyl (C=O) groups is 1. The lowest BCUT2D eigenvalue weighted by Crippen LogP contribution is -2.53. The summed E-state index contributed by atoms with van der Waals surface area (Å²) in [6, 6.07) is 8.79. The number of piperazine rings is 1. The predicted octanol–water partition coefficient (Wildman–Crippen LogP) is -0.363. The Labute approximate surface area is 131 Å². The van der Waals surface area contributed by atoms with Crippen molar-refractivity contribution in [1.29, 1.82) is 0 Å². The zero-order valence-electron chi connectivity index (χ0n) is 12.8. The van der Waals surface area contributed by atoms with Crippen molar-refractivity contribution in [2.45, 2.75) is 6.04 Å². The lowest BCUT2D eigenvalue weighted by molar-refractivity contribution is -0.124. The Morgan fingerprint density at radius 1 is 1.14 bits per heavy atom. The maximum absolute atomic E-state index is 12.1. The van der Waals surface area contributed by atoms with Gasteiger partial charge in [-0.25, -0.2) is 0 Å². The van der Waals surface area contributed by atoms with Crippen LogP contribution in [0.25, 0.3) is 0 Å². The van der Waals surface area contributed by atoms with E-state index in [-0.39, 0.29) is 0 Å². The third kappa shape index (κ3) is 3.46. The SMILES string of the molecule is CN(C)S(=O)(=O)N1CCN([C@H](C(N)=O)c2ccccc2)CC1. The normalized spacial score (nSPS) is 19.2. The molecule has 7 nitrogen and oxygen atoms in total. The highest BCUT2D eigenvalue weighted by Gasteiger charge is 2.33. The topological polar surface area (TPSA) is 87.0 Å². The molecule has 0 saturated carbocycles. The molecule has 0 aliphatic carbocycles. The Hall–Kier alpha value is -1.48. The van der Waals surface area contributed by atoms with Crippen molar-refractivity contribution in [2.24, 2.45) is 5.73 Å². The summed E-state index contributed by atoms with van der Waals surface area (Å²) in [5, 5.41) is 0. The van der Waals surface area contributed by atoms with Gasteiger partial charge in [0.05, 0.1) is 0 Å². The molecule has 0 bridgehead atoms. The Kier molecular flexibility index (Phi) is 5.17. The highest BCUT2D eigenvalue weighted by Crippen LogP contribution is 2.22. The van der Waals surface area contributed by atoms with Gasteiger partial charge in [-0.3, -0.25) is 9.69 Å². The second kappa shape index (κ2) is 6.74. The van der Waals surface area contributed by atoms with E-state index in [4.69, 9.17) is 5.73 Å². The number of nitrogens with two attached hydrogens (primary N) is 1. The van der Waals surface area contributed by atoms with Crippen LogP contribution in [0.2, 0.25) is 0 Å². The lowest BCUT2D eigenvalue weighted by Gasteiger charge is -2.38. The molecule has 1 atom stereocenters. The van der Waals surface area contributed by atoms with Gasteiger partial charge < -0.3 is 5.73 Å². The number of primary amides is 1. The molecule has 1 heterocycles. The molecule has 2 N–H and O–H groups in total. The predicted molar refractivity (Wildman–Crippen MR) is 84.1 cm³/mol. The van der Waals surface area contributed by atoms with E-state index in [1.165, 1.54) is 22.7 Å². The number of nitrogens with zero attached hydrogens (tertiary/aromatic N) is 3. The molecule has 1 aliphatic heterocycles. The molecule has 22 heavy (non-hydrogen) atoms. The smallest absolute Gasteiger partial charge is 0.281 e. The van der Waals surface area contributed by atoms with Gasteiger partial charge in [0.2, 0.25) is 5.91 Å². The molecule has 0 radical (unpaired) electrons. The fraction of sp³-hybridized carbons (Fsp3) is 0.500. The summed E-state index contributed by atoms with van der Waals surface area (Å²) >= 11 is 0. The number of rotatable bonds is 5. The molecule has 1 saturated heterocycles. The van der Waals surface area contributed by atoms with Crippen LogP contribution in [0.5, 0.6) is 0 Å². The minimum atomic E-state index is -3.41. The number of hydrogen-bond acceptors (Lipinski definition) is 4. The number of amides is 1. The van der Waals surface area contributed by atoms with Crippen LogP contribution in [0.1, 0.15) is 11.6 Å². The first-order valence-electron chi connectivity index (χ1n) is 7.10. The van der Waals surface area contributed by atoms with E-state index in [0.29, 0.717) is 26.2 Å². The summed E-state index contributed by atoms with van der Waals surface area (Å²) in [5.41, 5.74) is 6.38. The number of hydrogen-bond donors (Lipinski definition) is 1. The zero-order valence-corrected chi connectivity index (χ0v) is 13.7. The van der Waals surface area contributed by atoms with Crippen molar-refractivity contribution in [2.75, 3.05) is 40.3 Å². The van der Waals surface area contributed by atoms with E-state index in [9.17, 15) is 13.2 Å². The highest BCUT2D eigenvalue weighted by molar-refractivity contribution is 7.86. The van der Waals surface area contributed by atoms with E-state index >= 15 is 0 Å². The standard InChI is InChI=1S/C14H22N4O3S/c1-16(2)22(20,21)18-10-8-17(9-11-18)13(14(15)19)12-6-4-3-5-7-12/h3-7,13H,8-11H2,1-2H3,(H2,15,19)/t13-/m0/s1. The zero-order chi connectivity index (χ0) is 16.3. The van der Waals surface area contributed by atoms with Gasteiger partial charge in [-0.05, 0) is 5.56 Å². The van der Waals surface area contributed by atoms with Crippen molar-refractivity contribution in [3.05, 3.63) is 35.9 Å². The van der Waals surface area contributed by atoms with Gasteiger partial charge >= 0.3 is 0 Å². The molecule has 8 heteroatoms. The molecular formula is C14H22N4O3S. The van der Waals surface area contributed by atoms with Crippen LogP contribution in [0, 0.1) is 0 Å². The summed E-state index contributed by atoms with van der Waals surface area (Å²) in [6.45, 7) is 1.62. The van der Waals surface area contributed by atoms with Crippen LogP contribution in [0.3, 0.4) is 0 Å². The highest BCUT2D eigenvalue weighted by atomic mass is 32.2. The van der Waals surface area contributed by atoms with Gasteiger partial charge in [0.25, 0.3) is 10.2 Å². The summed E-state index contributed by atoms with van der Waals surface area (Å²) < 4.78 is 26.8. The van der Waals surface area contributed by atoms with Gasteiger partial charge in [0.15, 0.2) is 0 Å². The molecule has 1 aromatic carbocycles. The van der Waals surface area contributed by atoms with Gasteiger partial charge in [0.1, 0.15) is 6.04 Å². The first kappa shape index (κ1) is 16.9. The van der Waals surface area contributed by atoms with Gasteiger partial charge in [-0.1, -0.05) is 30.3 Å². The summed E-state index contributed by atoms with van der Waals surface area (Å²) in [6.07, 6.45) is 0. The molecule has 122 valence electrons. The molecule has 0 aromatic heterocycles. The quantitative estimate of drug-likeness (QED) is 0.800. The molecule has 0 unspecified atom stereocenters. The fourth-order valence-corrected chi connectivity index (χ4v) is 3.70. The lowest BCUT2D eigenvalue weighted by atomic mass is 10.0. The molecule has 0 spiro atoms.